The molecule has 0 heterocycles. The fourth-order valence-corrected chi connectivity index (χ4v) is 16.9. The Morgan fingerprint density at radius 3 is 0.865 bits per heavy atom. The van der Waals surface area contributed by atoms with Crippen LogP contribution in [0.25, 0.3) is 0 Å². The second-order valence-corrected chi connectivity index (χ2v) is 18.5. The minimum atomic E-state index is -3.24. The van der Waals surface area contributed by atoms with Crippen molar-refractivity contribution in [2.45, 2.75) is 0 Å². The van der Waals surface area contributed by atoms with E-state index in [1.54, 1.807) is 0 Å². The number of carboxylic acids is 2. The molecule has 0 radical (unpaired) electrons. The molecule has 0 aliphatic rings. The first kappa shape index (κ1) is 37.5. The monoisotopic (exact) mass is 722 g/mol. The molecule has 7 aromatic rings. The lowest BCUT2D eigenvalue weighted by Crippen LogP contribution is -2.53. The summed E-state index contributed by atoms with van der Waals surface area (Å²) < 4.78 is 0. The molecule has 258 valence electrons. The number of benzene rings is 7. The number of rotatable bonds is 10. The Balaban J connectivity index is 0.00000261. The minimum absolute atomic E-state index is 0. The Hall–Kier alpha value is -5.74. The quantitative estimate of drug-likeness (QED) is 0.201. The van der Waals surface area contributed by atoms with Gasteiger partial charge in [-0.25, -0.2) is 0 Å². The second kappa shape index (κ2) is 16.1. The van der Waals surface area contributed by atoms with E-state index < -0.39 is 32.0 Å². The average Bonchev–Trinajstić information content (AvgIpc) is 3.18. The Bertz CT molecular complexity index is 2070. The zero-order valence-electron chi connectivity index (χ0n) is 29.0. The summed E-state index contributed by atoms with van der Waals surface area (Å²) >= 11 is 0. The van der Waals surface area contributed by atoms with E-state index in [9.17, 15) is 19.8 Å². The average molecular weight is 723 g/mol. The lowest BCUT2D eigenvalue weighted by atomic mass is 10.1. The molecule has 0 unspecified atom stereocenters. The highest BCUT2D eigenvalue weighted by atomic mass is 31.2. The van der Waals surface area contributed by atoms with Crippen LogP contribution in [0, 0.1) is 0 Å². The third-order valence-electron chi connectivity index (χ3n) is 9.14. The number of carbonyl (C=O) groups excluding carboxylic acids is 2. The Morgan fingerprint density at radius 1 is 0.346 bits per heavy atom. The van der Waals surface area contributed by atoms with E-state index in [1.807, 2.05) is 152 Å². The summed E-state index contributed by atoms with van der Waals surface area (Å²) in [6.07, 6.45) is 0. The number of carbonyl (C=O) groups is 2. The third kappa shape index (κ3) is 6.23. The van der Waals surface area contributed by atoms with Crippen LogP contribution >= 0.6 is 14.5 Å². The first-order valence-electron chi connectivity index (χ1n) is 16.2. The summed E-state index contributed by atoms with van der Waals surface area (Å²) in [5.41, 5.74) is -0.775. The van der Waals surface area contributed by atoms with Crippen molar-refractivity contribution >= 4 is 68.9 Å². The number of hydrogen-bond acceptors (Lipinski definition) is 4. The van der Waals surface area contributed by atoms with Gasteiger partial charge in [-0.3, -0.25) is 0 Å². The van der Waals surface area contributed by atoms with Gasteiger partial charge < -0.3 is 32.1 Å². The molecule has 52 heavy (non-hydrogen) atoms. The first-order valence-corrected chi connectivity index (χ1v) is 19.8. The van der Waals surface area contributed by atoms with Gasteiger partial charge in [0.25, 0.3) is 0 Å². The van der Waals surface area contributed by atoms with Crippen molar-refractivity contribution < 1.29 is 19.8 Å². The lowest BCUT2D eigenvalue weighted by molar-refractivity contribution is -0.259. The van der Waals surface area contributed by atoms with Gasteiger partial charge in [0.2, 0.25) is 0 Å². The maximum atomic E-state index is 13.8. The van der Waals surface area contributed by atoms with Crippen molar-refractivity contribution in [1.82, 2.24) is 12.3 Å². The van der Waals surface area contributed by atoms with Gasteiger partial charge in [0.1, 0.15) is 46.4 Å². The van der Waals surface area contributed by atoms with E-state index in [0.29, 0.717) is 5.30 Å². The smallest absolute Gasteiger partial charge is 0.162 e. The minimum Gasteiger partial charge on any atom is -0.545 e. The molecule has 0 spiro atoms. The highest BCUT2D eigenvalue weighted by Gasteiger charge is 2.59. The first-order chi connectivity index (χ1) is 24.5. The molecule has 0 bridgehead atoms. The van der Waals surface area contributed by atoms with E-state index in [1.165, 1.54) is 6.07 Å². The van der Waals surface area contributed by atoms with Crippen molar-refractivity contribution in [2.24, 2.45) is 0 Å². The molecular weight excluding hydrogens is 682 g/mol. The number of hydrogen-bond donors (Lipinski definition) is 2. The van der Waals surface area contributed by atoms with Gasteiger partial charge >= 0.3 is 0 Å². The summed E-state index contributed by atoms with van der Waals surface area (Å²) in [5.74, 6) is -3.15. The van der Waals surface area contributed by atoms with Crippen LogP contribution in [0.2, 0.25) is 0 Å². The molecule has 0 aromatic heterocycles. The van der Waals surface area contributed by atoms with Gasteiger partial charge in [0, 0.05) is 5.56 Å². The lowest BCUT2D eigenvalue weighted by Gasteiger charge is -2.35. The molecule has 0 aliphatic heterocycles. The van der Waals surface area contributed by atoms with Gasteiger partial charge in [-0.2, -0.15) is 0 Å². The number of aromatic carboxylic acids is 2. The van der Waals surface area contributed by atoms with Crippen LogP contribution in [0.1, 0.15) is 20.7 Å². The van der Waals surface area contributed by atoms with E-state index >= 15 is 0 Å². The second-order valence-electron chi connectivity index (χ2n) is 11.8. The molecule has 7 aromatic carbocycles. The van der Waals surface area contributed by atoms with Crippen LogP contribution in [0.15, 0.2) is 194 Å². The Labute approximate surface area is 305 Å². The number of carboxylic acid groups (broad SMARTS) is 2. The highest BCUT2D eigenvalue weighted by Crippen LogP contribution is 2.61. The molecule has 0 atom stereocenters. The summed E-state index contributed by atoms with van der Waals surface area (Å²) in [7, 11) is -6.24. The molecule has 0 saturated carbocycles. The van der Waals surface area contributed by atoms with Gasteiger partial charge in [-0.05, 0) is 84.9 Å². The summed E-state index contributed by atoms with van der Waals surface area (Å²) in [6, 6.07) is 63.3. The van der Waals surface area contributed by atoms with Crippen molar-refractivity contribution in [1.29, 1.82) is 0 Å². The zero-order chi connectivity index (χ0) is 34.6. The van der Waals surface area contributed by atoms with Crippen molar-refractivity contribution in [3.8, 4) is 0 Å². The van der Waals surface area contributed by atoms with Gasteiger partial charge in [-0.15, -0.1) is 0 Å². The maximum absolute atomic E-state index is 13.8. The van der Waals surface area contributed by atoms with Crippen LogP contribution in [-0.2, 0) is 0 Å². The van der Waals surface area contributed by atoms with Crippen LogP contribution in [-0.4, -0.2) is 11.9 Å². The zero-order valence-corrected chi connectivity index (χ0v) is 30.8. The summed E-state index contributed by atoms with van der Waals surface area (Å²) in [6.45, 7) is 0. The van der Waals surface area contributed by atoms with Crippen LogP contribution in [0.5, 0.6) is 0 Å². The van der Waals surface area contributed by atoms with Crippen LogP contribution in [0.4, 0.5) is 0 Å². The van der Waals surface area contributed by atoms with E-state index in [2.05, 4.69) is 36.4 Å². The van der Waals surface area contributed by atoms with E-state index in [0.717, 1.165) is 37.1 Å². The van der Waals surface area contributed by atoms with Crippen molar-refractivity contribution in [2.75, 3.05) is 0 Å². The topological polar surface area (TPSA) is 153 Å². The fourth-order valence-electron chi connectivity index (χ4n) is 7.18. The van der Waals surface area contributed by atoms with Crippen LogP contribution in [0.3, 0.4) is 0 Å². The van der Waals surface area contributed by atoms with Crippen molar-refractivity contribution in [3.05, 3.63) is 205 Å². The highest BCUT2D eigenvalue weighted by molar-refractivity contribution is 8.06. The molecule has 0 fully saturated rings. The summed E-state index contributed by atoms with van der Waals surface area (Å²) in [4.78, 5) is 26.8. The third-order valence-corrected chi connectivity index (χ3v) is 18.0. The maximum Gasteiger partial charge on any atom is 0.162 e. The molecule has 8 heteroatoms. The molecule has 6 nitrogen and oxygen atoms in total. The SMILES string of the molecule is O=C([O-])c1ccc([P+](c2ccccc2)(c2ccccc2)c2ccccc2)c([P+](c2ccccc2)(c2ccccc2)c2ccccc2)c1C(=O)[O-].[NH4+].[NH4+]. The normalized spacial score (nSPS) is 11.1. The predicted octanol–water partition coefficient (Wildman–Crippen LogP) is 4.40. The predicted molar refractivity (Wildman–Crippen MR) is 217 cm³/mol. The standard InChI is InChI=1S/C44H32O4P2.2H3N/c45-43(46)39-31-32-40(49(33-19-7-1-8-20-33,34-21-9-2-10-22-34)35-23-11-3-12-24-35)42(41(39)44(47)48)50(36-25-13-4-14-26-36,37-27-15-5-16-28-37)38-29-17-6-18-30-38;;/h1-32H;2*1H3/p+2. The molecule has 0 saturated heterocycles. The van der Waals surface area contributed by atoms with Gasteiger partial charge in [0.15, 0.2) is 10.6 Å². The van der Waals surface area contributed by atoms with Gasteiger partial charge in [0.05, 0.1) is 17.5 Å². The molecule has 0 amide bonds. The largest absolute Gasteiger partial charge is 0.545 e. The molecule has 8 N–H and O–H groups in total. The molecule has 0 aliphatic carbocycles. The van der Waals surface area contributed by atoms with Gasteiger partial charge in [-0.1, -0.05) is 109 Å². The molecule has 7 rings (SSSR count). The number of quaternary nitrogens is 2. The Kier molecular flexibility index (Phi) is 11.6. The summed E-state index contributed by atoms with van der Waals surface area (Å²) in [5, 5.41) is 33.6. The van der Waals surface area contributed by atoms with E-state index in [-0.39, 0.29) is 17.9 Å². The van der Waals surface area contributed by atoms with Crippen LogP contribution < -0.4 is 65.0 Å². The molecular formula is C44H40N2O4P2+2. The Morgan fingerprint density at radius 2 is 0.615 bits per heavy atom. The van der Waals surface area contributed by atoms with E-state index in [4.69, 9.17) is 0 Å². The van der Waals surface area contributed by atoms with Crippen molar-refractivity contribution in [3.63, 3.8) is 0 Å². The fraction of sp³-hybridized carbons (Fsp3) is 0.